The van der Waals surface area contributed by atoms with Crippen LogP contribution in [0.4, 0.5) is 5.69 Å². The van der Waals surface area contributed by atoms with E-state index in [4.69, 9.17) is 16.3 Å². The van der Waals surface area contributed by atoms with Crippen LogP contribution >= 0.6 is 0 Å². The molecule has 1 amide bonds. The Bertz CT molecular complexity index is 339. The van der Waals surface area contributed by atoms with Crippen LogP contribution in [0, 0.1) is 0 Å². The molecular formula is C9H13N3O2. The lowest BCUT2D eigenvalue weighted by Gasteiger charge is -2.09. The van der Waals surface area contributed by atoms with Crippen molar-refractivity contribution in [1.29, 1.82) is 0 Å². The highest BCUT2D eigenvalue weighted by atomic mass is 16.5. The van der Waals surface area contributed by atoms with Crippen molar-refractivity contribution in [3.8, 4) is 5.75 Å². The van der Waals surface area contributed by atoms with Gasteiger partial charge in [0.1, 0.15) is 5.75 Å². The molecule has 0 unspecified atom stereocenters. The Morgan fingerprint density at radius 2 is 2.29 bits per heavy atom. The lowest BCUT2D eigenvalue weighted by Crippen LogP contribution is -2.30. The molecule has 0 saturated heterocycles. The summed E-state index contributed by atoms with van der Waals surface area (Å²) in [6.45, 7) is 2.29. The first-order chi connectivity index (χ1) is 6.69. The van der Waals surface area contributed by atoms with Crippen LogP contribution in [0.25, 0.3) is 0 Å². The topological polar surface area (TPSA) is 90.4 Å². The normalized spacial score (nSPS) is 9.57. The second-order valence-electron chi connectivity index (χ2n) is 2.66. The Hall–Kier alpha value is -1.75. The van der Waals surface area contributed by atoms with Crippen molar-refractivity contribution in [3.05, 3.63) is 23.8 Å². The van der Waals surface area contributed by atoms with Crippen LogP contribution in [-0.4, -0.2) is 12.5 Å². The lowest BCUT2D eigenvalue weighted by molar-refractivity contribution is 0.0950. The molecule has 76 valence electrons. The standard InChI is InChI=1S/C9H13N3O2/c1-2-14-8-5-6(10)3-4-7(8)9(13)12-11/h3-5H,2,10-11H2,1H3,(H,12,13). The fourth-order valence-corrected chi connectivity index (χ4v) is 1.08. The molecule has 0 radical (unpaired) electrons. The number of rotatable bonds is 3. The molecule has 0 saturated carbocycles. The maximum atomic E-state index is 11.3. The van der Waals surface area contributed by atoms with Crippen LogP contribution in [0.15, 0.2) is 18.2 Å². The average molecular weight is 195 g/mol. The fourth-order valence-electron chi connectivity index (χ4n) is 1.08. The highest BCUT2D eigenvalue weighted by molar-refractivity contribution is 5.97. The number of hydrogen-bond acceptors (Lipinski definition) is 4. The molecule has 1 aromatic rings. The van der Waals surface area contributed by atoms with Crippen LogP contribution in [0.3, 0.4) is 0 Å². The molecule has 0 aliphatic carbocycles. The zero-order valence-electron chi connectivity index (χ0n) is 7.91. The second kappa shape index (κ2) is 4.48. The van der Waals surface area contributed by atoms with E-state index >= 15 is 0 Å². The number of benzene rings is 1. The van der Waals surface area contributed by atoms with Gasteiger partial charge in [-0.3, -0.25) is 10.2 Å². The average Bonchev–Trinajstić information content (AvgIpc) is 2.17. The Kier molecular flexibility index (Phi) is 3.30. The zero-order chi connectivity index (χ0) is 10.6. The number of nitrogens with two attached hydrogens (primary N) is 2. The van der Waals surface area contributed by atoms with E-state index in [-0.39, 0.29) is 0 Å². The van der Waals surface area contributed by atoms with Gasteiger partial charge in [0, 0.05) is 11.8 Å². The van der Waals surface area contributed by atoms with Crippen molar-refractivity contribution < 1.29 is 9.53 Å². The summed E-state index contributed by atoms with van der Waals surface area (Å²) in [6.07, 6.45) is 0. The molecule has 0 heterocycles. The number of hydrogen-bond donors (Lipinski definition) is 3. The van der Waals surface area contributed by atoms with E-state index in [1.165, 1.54) is 0 Å². The van der Waals surface area contributed by atoms with Gasteiger partial charge >= 0.3 is 0 Å². The SMILES string of the molecule is CCOc1cc(N)ccc1C(=O)NN. The number of anilines is 1. The first-order valence-electron chi connectivity index (χ1n) is 4.22. The van der Waals surface area contributed by atoms with Gasteiger partial charge in [-0.1, -0.05) is 0 Å². The summed E-state index contributed by atoms with van der Waals surface area (Å²) >= 11 is 0. The maximum Gasteiger partial charge on any atom is 0.268 e. The first kappa shape index (κ1) is 10.3. The number of ether oxygens (including phenoxy) is 1. The molecule has 5 heteroatoms. The molecule has 5 nitrogen and oxygen atoms in total. The molecule has 0 bridgehead atoms. The van der Waals surface area contributed by atoms with Gasteiger partial charge in [0.2, 0.25) is 0 Å². The minimum atomic E-state index is -0.395. The molecule has 0 fully saturated rings. The van der Waals surface area contributed by atoms with Crippen molar-refractivity contribution in [2.24, 2.45) is 5.84 Å². The van der Waals surface area contributed by atoms with Crippen LogP contribution < -0.4 is 21.7 Å². The van der Waals surface area contributed by atoms with Gasteiger partial charge in [0.05, 0.1) is 12.2 Å². The van der Waals surface area contributed by atoms with Crippen molar-refractivity contribution in [2.45, 2.75) is 6.92 Å². The van der Waals surface area contributed by atoms with E-state index in [0.717, 1.165) is 0 Å². The minimum absolute atomic E-state index is 0.378. The van der Waals surface area contributed by atoms with Gasteiger partial charge in [-0.25, -0.2) is 5.84 Å². The van der Waals surface area contributed by atoms with E-state index in [9.17, 15) is 4.79 Å². The number of carbonyl (C=O) groups excluding carboxylic acids is 1. The van der Waals surface area contributed by atoms with Gasteiger partial charge in [-0.05, 0) is 19.1 Å². The van der Waals surface area contributed by atoms with Gasteiger partial charge in [-0.2, -0.15) is 0 Å². The molecule has 0 atom stereocenters. The number of nitrogen functional groups attached to an aromatic ring is 2. The summed E-state index contributed by atoms with van der Waals surface area (Å²) in [5, 5.41) is 0. The predicted molar refractivity (Wildman–Crippen MR) is 53.7 cm³/mol. The van der Waals surface area contributed by atoms with Crippen LogP contribution in [-0.2, 0) is 0 Å². The molecule has 1 aromatic carbocycles. The largest absolute Gasteiger partial charge is 0.493 e. The molecule has 1 rings (SSSR count). The molecule has 0 aliphatic rings. The smallest absolute Gasteiger partial charge is 0.268 e. The quantitative estimate of drug-likeness (QED) is 0.279. The van der Waals surface area contributed by atoms with E-state index in [0.29, 0.717) is 23.6 Å². The van der Waals surface area contributed by atoms with Gasteiger partial charge < -0.3 is 10.5 Å². The van der Waals surface area contributed by atoms with E-state index in [1.54, 1.807) is 18.2 Å². The van der Waals surface area contributed by atoms with Crippen LogP contribution in [0.2, 0.25) is 0 Å². The maximum absolute atomic E-state index is 11.3. The highest BCUT2D eigenvalue weighted by Gasteiger charge is 2.10. The zero-order valence-corrected chi connectivity index (χ0v) is 7.91. The molecule has 14 heavy (non-hydrogen) atoms. The van der Waals surface area contributed by atoms with Gasteiger partial charge in [0.25, 0.3) is 5.91 Å². The summed E-state index contributed by atoms with van der Waals surface area (Å²) < 4.78 is 5.24. The van der Waals surface area contributed by atoms with Crippen molar-refractivity contribution in [3.63, 3.8) is 0 Å². The Morgan fingerprint density at radius 3 is 2.86 bits per heavy atom. The first-order valence-corrected chi connectivity index (χ1v) is 4.22. The molecular weight excluding hydrogens is 182 g/mol. The van der Waals surface area contributed by atoms with E-state index in [2.05, 4.69) is 0 Å². The fraction of sp³-hybridized carbons (Fsp3) is 0.222. The third-order valence-corrected chi connectivity index (χ3v) is 1.68. The molecule has 0 spiro atoms. The Labute approximate surface area is 82.0 Å². The third kappa shape index (κ3) is 2.14. The van der Waals surface area contributed by atoms with Gasteiger partial charge in [-0.15, -0.1) is 0 Å². The van der Waals surface area contributed by atoms with Crippen molar-refractivity contribution in [2.75, 3.05) is 12.3 Å². The van der Waals surface area contributed by atoms with Gasteiger partial charge in [0.15, 0.2) is 0 Å². The lowest BCUT2D eigenvalue weighted by atomic mass is 10.1. The second-order valence-corrected chi connectivity index (χ2v) is 2.66. The number of nitrogens with one attached hydrogen (secondary N) is 1. The number of amides is 1. The van der Waals surface area contributed by atoms with E-state index < -0.39 is 5.91 Å². The molecule has 5 N–H and O–H groups in total. The summed E-state index contributed by atoms with van der Waals surface area (Å²) in [5.74, 6) is 5.07. The van der Waals surface area contributed by atoms with Crippen molar-refractivity contribution in [1.82, 2.24) is 5.43 Å². The van der Waals surface area contributed by atoms with Crippen molar-refractivity contribution >= 4 is 11.6 Å². The Balaban J connectivity index is 3.07. The third-order valence-electron chi connectivity index (χ3n) is 1.68. The summed E-state index contributed by atoms with van der Waals surface area (Å²) in [5.41, 5.74) is 8.52. The van der Waals surface area contributed by atoms with Crippen LogP contribution in [0.5, 0.6) is 5.75 Å². The molecule has 0 aromatic heterocycles. The number of carbonyl (C=O) groups is 1. The summed E-state index contributed by atoms with van der Waals surface area (Å²) in [7, 11) is 0. The predicted octanol–water partition coefficient (Wildman–Crippen LogP) is 0.271. The highest BCUT2D eigenvalue weighted by Crippen LogP contribution is 2.21. The van der Waals surface area contributed by atoms with E-state index in [1.807, 2.05) is 12.3 Å². The summed E-state index contributed by atoms with van der Waals surface area (Å²) in [6, 6.07) is 4.78. The number of hydrazine groups is 1. The minimum Gasteiger partial charge on any atom is -0.493 e. The molecule has 0 aliphatic heterocycles. The Morgan fingerprint density at radius 1 is 1.57 bits per heavy atom. The summed E-state index contributed by atoms with van der Waals surface area (Å²) in [4.78, 5) is 11.3. The van der Waals surface area contributed by atoms with Crippen LogP contribution in [0.1, 0.15) is 17.3 Å². The monoisotopic (exact) mass is 195 g/mol.